The summed E-state index contributed by atoms with van der Waals surface area (Å²) in [5.74, 6) is 3.33. The third-order valence-corrected chi connectivity index (χ3v) is 6.43. The average Bonchev–Trinajstić information content (AvgIpc) is 3.44. The van der Waals surface area contributed by atoms with Crippen LogP contribution >= 0.6 is 0 Å². The fraction of sp³-hybridized carbons (Fsp3) is 0.379. The Bertz CT molecular complexity index is 1210. The van der Waals surface area contributed by atoms with Gasteiger partial charge in [0, 0.05) is 30.1 Å². The molecule has 194 valence electrons. The zero-order valence-electron chi connectivity index (χ0n) is 21.3. The molecule has 0 radical (unpaired) electrons. The summed E-state index contributed by atoms with van der Waals surface area (Å²) in [5.41, 5.74) is 2.53. The second kappa shape index (κ2) is 12.5. The Morgan fingerprint density at radius 1 is 0.919 bits per heavy atom. The zero-order chi connectivity index (χ0) is 25.3. The number of nitrogens with zero attached hydrogens (tertiary/aromatic N) is 3. The number of hydrogen-bond acceptors (Lipinski definition) is 8. The smallest absolute Gasteiger partial charge is 0.227 e. The van der Waals surface area contributed by atoms with Gasteiger partial charge in [-0.05, 0) is 75.2 Å². The first-order valence-electron chi connectivity index (χ1n) is 13.0. The maximum atomic E-state index is 6.15. The molecule has 1 saturated heterocycles. The van der Waals surface area contributed by atoms with Gasteiger partial charge in [0.05, 0.1) is 26.0 Å². The molecule has 1 N–H and O–H groups in total. The predicted octanol–water partition coefficient (Wildman–Crippen LogP) is 5.48. The van der Waals surface area contributed by atoms with E-state index in [4.69, 9.17) is 23.9 Å². The van der Waals surface area contributed by atoms with E-state index < -0.39 is 0 Å². The van der Waals surface area contributed by atoms with Crippen molar-refractivity contribution in [2.45, 2.75) is 25.7 Å². The van der Waals surface area contributed by atoms with E-state index in [1.165, 1.54) is 12.8 Å². The molecule has 0 saturated carbocycles. The number of aromatic nitrogens is 2. The van der Waals surface area contributed by atoms with Crippen molar-refractivity contribution in [3.05, 3.63) is 60.8 Å². The van der Waals surface area contributed by atoms with Crippen LogP contribution in [0.25, 0.3) is 11.3 Å². The summed E-state index contributed by atoms with van der Waals surface area (Å²) in [4.78, 5) is 11.6. The quantitative estimate of drug-likeness (QED) is 0.460. The summed E-state index contributed by atoms with van der Waals surface area (Å²) >= 11 is 0. The number of benzene rings is 2. The SMILES string of the molecule is COc1ccc2cc1OCCC=CCCOc1cc(ccc1OCCN1CCCC1)Nc1nccc-2n1. The van der Waals surface area contributed by atoms with Gasteiger partial charge in [0.15, 0.2) is 23.0 Å². The average molecular weight is 503 g/mol. The summed E-state index contributed by atoms with van der Waals surface area (Å²) in [5, 5.41) is 3.31. The Morgan fingerprint density at radius 2 is 1.68 bits per heavy atom. The molecule has 0 atom stereocenters. The fourth-order valence-electron chi connectivity index (χ4n) is 4.48. The van der Waals surface area contributed by atoms with Crippen molar-refractivity contribution in [3.8, 4) is 34.3 Å². The Balaban J connectivity index is 1.38. The minimum Gasteiger partial charge on any atom is -0.493 e. The van der Waals surface area contributed by atoms with Crippen LogP contribution in [0.2, 0.25) is 0 Å². The van der Waals surface area contributed by atoms with Crippen LogP contribution in [0.5, 0.6) is 23.0 Å². The van der Waals surface area contributed by atoms with Crippen LogP contribution in [0.4, 0.5) is 11.6 Å². The minimum absolute atomic E-state index is 0.494. The molecular weight excluding hydrogens is 468 g/mol. The van der Waals surface area contributed by atoms with Gasteiger partial charge in [-0.1, -0.05) is 12.2 Å². The van der Waals surface area contributed by atoms with Crippen LogP contribution in [0.15, 0.2) is 60.8 Å². The van der Waals surface area contributed by atoms with Gasteiger partial charge >= 0.3 is 0 Å². The van der Waals surface area contributed by atoms with E-state index in [0.29, 0.717) is 43.0 Å². The van der Waals surface area contributed by atoms with E-state index in [-0.39, 0.29) is 0 Å². The van der Waals surface area contributed by atoms with Crippen molar-refractivity contribution in [2.75, 3.05) is 51.9 Å². The molecule has 8 nitrogen and oxygen atoms in total. The fourth-order valence-corrected chi connectivity index (χ4v) is 4.48. The highest BCUT2D eigenvalue weighted by molar-refractivity contribution is 5.66. The van der Waals surface area contributed by atoms with E-state index >= 15 is 0 Å². The molecule has 3 aromatic rings. The molecule has 37 heavy (non-hydrogen) atoms. The van der Waals surface area contributed by atoms with Crippen molar-refractivity contribution in [1.82, 2.24) is 14.9 Å². The van der Waals surface area contributed by atoms with Gasteiger partial charge < -0.3 is 24.3 Å². The summed E-state index contributed by atoms with van der Waals surface area (Å²) in [6, 6.07) is 13.6. The minimum atomic E-state index is 0.494. The summed E-state index contributed by atoms with van der Waals surface area (Å²) in [7, 11) is 1.64. The molecule has 6 bridgehead atoms. The molecule has 2 aliphatic heterocycles. The first-order valence-corrected chi connectivity index (χ1v) is 13.0. The maximum absolute atomic E-state index is 6.15. The number of ether oxygens (including phenoxy) is 4. The van der Waals surface area contributed by atoms with Crippen LogP contribution in [-0.2, 0) is 0 Å². The molecule has 1 aromatic heterocycles. The second-order valence-electron chi connectivity index (χ2n) is 9.06. The van der Waals surface area contributed by atoms with Crippen molar-refractivity contribution in [2.24, 2.45) is 0 Å². The molecule has 0 aliphatic carbocycles. The molecule has 1 fully saturated rings. The summed E-state index contributed by atoms with van der Waals surface area (Å²) in [6.07, 6.45) is 10.1. The van der Waals surface area contributed by atoms with Crippen molar-refractivity contribution in [3.63, 3.8) is 0 Å². The van der Waals surface area contributed by atoms with Gasteiger partial charge in [-0.2, -0.15) is 0 Å². The largest absolute Gasteiger partial charge is 0.493 e. The van der Waals surface area contributed by atoms with Gasteiger partial charge in [-0.25, -0.2) is 9.97 Å². The third-order valence-electron chi connectivity index (χ3n) is 6.43. The van der Waals surface area contributed by atoms with Crippen LogP contribution in [-0.4, -0.2) is 61.4 Å². The molecule has 3 heterocycles. The molecule has 5 rings (SSSR count). The number of fused-ring (bicyclic) bond motifs is 7. The monoisotopic (exact) mass is 502 g/mol. The first kappa shape index (κ1) is 24.9. The zero-order valence-corrected chi connectivity index (χ0v) is 21.3. The van der Waals surface area contributed by atoms with Crippen LogP contribution < -0.4 is 24.3 Å². The number of rotatable bonds is 5. The highest BCUT2D eigenvalue weighted by atomic mass is 16.5. The van der Waals surface area contributed by atoms with Crippen LogP contribution in [0.1, 0.15) is 25.7 Å². The lowest BCUT2D eigenvalue weighted by Crippen LogP contribution is -2.25. The van der Waals surface area contributed by atoms with Gasteiger partial charge in [0.1, 0.15) is 6.61 Å². The number of likely N-dealkylation sites (tertiary alicyclic amines) is 1. The molecule has 0 amide bonds. The molecule has 2 aromatic carbocycles. The second-order valence-corrected chi connectivity index (χ2v) is 9.06. The van der Waals surface area contributed by atoms with E-state index in [0.717, 1.165) is 55.2 Å². The van der Waals surface area contributed by atoms with Crippen molar-refractivity contribution in [1.29, 1.82) is 0 Å². The molecule has 8 heteroatoms. The van der Waals surface area contributed by atoms with E-state index in [2.05, 4.69) is 27.4 Å². The highest BCUT2D eigenvalue weighted by Gasteiger charge is 2.14. The van der Waals surface area contributed by atoms with E-state index in [1.807, 2.05) is 42.5 Å². The Morgan fingerprint density at radius 3 is 2.46 bits per heavy atom. The predicted molar refractivity (Wildman–Crippen MR) is 144 cm³/mol. The van der Waals surface area contributed by atoms with Gasteiger partial charge in [-0.3, -0.25) is 4.90 Å². The lowest BCUT2D eigenvalue weighted by Gasteiger charge is -2.17. The lowest BCUT2D eigenvalue weighted by atomic mass is 10.1. The Hall–Kier alpha value is -3.78. The molecule has 0 unspecified atom stereocenters. The van der Waals surface area contributed by atoms with E-state index in [9.17, 15) is 0 Å². The molecule has 0 spiro atoms. The summed E-state index contributed by atoms with van der Waals surface area (Å²) in [6.45, 7) is 4.97. The third kappa shape index (κ3) is 6.71. The number of nitrogens with one attached hydrogen (secondary N) is 1. The normalized spacial score (nSPS) is 16.0. The first-order chi connectivity index (χ1) is 18.3. The van der Waals surface area contributed by atoms with Crippen LogP contribution in [0.3, 0.4) is 0 Å². The number of methoxy groups -OCH3 is 1. The van der Waals surface area contributed by atoms with Gasteiger partial charge in [0.2, 0.25) is 5.95 Å². The Kier molecular flexibility index (Phi) is 8.38. The Labute approximate surface area is 218 Å². The maximum Gasteiger partial charge on any atom is 0.227 e. The highest BCUT2D eigenvalue weighted by Crippen LogP contribution is 2.34. The molecule has 2 aliphatic rings. The van der Waals surface area contributed by atoms with Gasteiger partial charge in [-0.15, -0.1) is 0 Å². The van der Waals surface area contributed by atoms with Gasteiger partial charge in [0.25, 0.3) is 0 Å². The van der Waals surface area contributed by atoms with Crippen LogP contribution in [0, 0.1) is 0 Å². The number of anilines is 2. The summed E-state index contributed by atoms with van der Waals surface area (Å²) < 4.78 is 23.8. The molecular formula is C29H34N4O4. The number of hydrogen-bond donors (Lipinski definition) is 1. The van der Waals surface area contributed by atoms with Crippen molar-refractivity contribution < 1.29 is 18.9 Å². The topological polar surface area (TPSA) is 78.0 Å². The van der Waals surface area contributed by atoms with E-state index in [1.54, 1.807) is 13.3 Å². The van der Waals surface area contributed by atoms with Crippen molar-refractivity contribution >= 4 is 11.6 Å². The standard InChI is InChI=1S/C29H34N4O4/c1-34-25-10-8-22-20-27(25)35-17-6-2-3-7-18-36-28-21-23(31-29-30-13-12-24(22)32-29)9-11-26(28)37-19-16-33-14-4-5-15-33/h2-3,8-13,20-21H,4-7,14-19H2,1H3,(H,30,31,32). The lowest BCUT2D eigenvalue weighted by molar-refractivity contribution is 0.225.